The number of nitro groups is 1. The fourth-order valence-electron chi connectivity index (χ4n) is 2.25. The van der Waals surface area contributed by atoms with Crippen LogP contribution in [0.4, 0.5) is 5.69 Å². The highest BCUT2D eigenvalue weighted by Crippen LogP contribution is 2.36. The van der Waals surface area contributed by atoms with E-state index in [2.05, 4.69) is 0 Å². The van der Waals surface area contributed by atoms with Gasteiger partial charge >= 0.3 is 5.97 Å². The van der Waals surface area contributed by atoms with Gasteiger partial charge in [0.25, 0.3) is 5.69 Å². The lowest BCUT2D eigenvalue weighted by atomic mass is 10.1. The molecule has 28 heavy (non-hydrogen) atoms. The first-order chi connectivity index (χ1) is 13.4. The number of carbonyl (C=O) groups excluding carboxylic acids is 2. The number of non-ortho nitro benzene ring substituents is 1. The summed E-state index contributed by atoms with van der Waals surface area (Å²) in [5, 5.41) is 10.8. The van der Waals surface area contributed by atoms with Crippen LogP contribution in [0.5, 0.6) is 11.5 Å². The number of ether oxygens (including phenoxy) is 3. The van der Waals surface area contributed by atoms with Crippen molar-refractivity contribution in [3.8, 4) is 11.5 Å². The number of esters is 1. The molecule has 0 aliphatic rings. The summed E-state index contributed by atoms with van der Waals surface area (Å²) >= 11 is 6.16. The van der Waals surface area contributed by atoms with E-state index >= 15 is 0 Å². The molecular weight excluding hydrogens is 390 g/mol. The van der Waals surface area contributed by atoms with Gasteiger partial charge in [-0.1, -0.05) is 18.5 Å². The standard InChI is InChI=1S/C19H18ClNO7/c1-3-8-27-18-15(20)9-13(10-17(18)26-2)19(23)28-11-16(22)12-4-6-14(7-5-12)21(24)25/h4-7,9-10H,3,8,11H2,1-2H3. The van der Waals surface area contributed by atoms with Crippen LogP contribution in [-0.2, 0) is 4.74 Å². The van der Waals surface area contributed by atoms with Gasteiger partial charge in [0.1, 0.15) is 0 Å². The summed E-state index contributed by atoms with van der Waals surface area (Å²) in [4.78, 5) is 34.4. The molecule has 2 aromatic carbocycles. The molecule has 0 radical (unpaired) electrons. The molecule has 8 nitrogen and oxygen atoms in total. The Kier molecular flexibility index (Phi) is 7.34. The second-order valence-corrected chi connectivity index (χ2v) is 6.05. The number of ketones is 1. The molecule has 0 aliphatic carbocycles. The smallest absolute Gasteiger partial charge is 0.338 e. The van der Waals surface area contributed by atoms with Crippen LogP contribution in [0.15, 0.2) is 36.4 Å². The van der Waals surface area contributed by atoms with E-state index < -0.39 is 23.3 Å². The summed E-state index contributed by atoms with van der Waals surface area (Å²) in [7, 11) is 1.41. The van der Waals surface area contributed by atoms with Gasteiger partial charge in [0, 0.05) is 17.7 Å². The topological polar surface area (TPSA) is 105 Å². The van der Waals surface area contributed by atoms with Gasteiger partial charge in [-0.2, -0.15) is 0 Å². The molecule has 0 N–H and O–H groups in total. The third-order valence-corrected chi connectivity index (χ3v) is 3.93. The number of hydrogen-bond acceptors (Lipinski definition) is 7. The minimum Gasteiger partial charge on any atom is -0.493 e. The first-order valence-electron chi connectivity index (χ1n) is 8.32. The van der Waals surface area contributed by atoms with E-state index in [0.717, 1.165) is 6.42 Å². The van der Waals surface area contributed by atoms with Crippen LogP contribution in [0, 0.1) is 10.1 Å². The van der Waals surface area contributed by atoms with Crippen LogP contribution in [0.25, 0.3) is 0 Å². The summed E-state index contributed by atoms with van der Waals surface area (Å²) in [6, 6.07) is 7.79. The number of Topliss-reactive ketones (excluding diaryl/α,β-unsaturated/α-hetero) is 1. The fourth-order valence-corrected chi connectivity index (χ4v) is 2.51. The SMILES string of the molecule is CCCOc1c(Cl)cc(C(=O)OCC(=O)c2ccc([N+](=O)[O-])cc2)cc1OC. The molecule has 2 rings (SSSR count). The van der Waals surface area contributed by atoms with Crippen molar-refractivity contribution in [1.82, 2.24) is 0 Å². The molecule has 0 fully saturated rings. The van der Waals surface area contributed by atoms with Crippen molar-refractivity contribution >= 4 is 29.0 Å². The van der Waals surface area contributed by atoms with Crippen LogP contribution in [-0.4, -0.2) is 37.0 Å². The average Bonchev–Trinajstić information content (AvgIpc) is 2.70. The van der Waals surface area contributed by atoms with Gasteiger partial charge in [-0.05, 0) is 30.7 Å². The molecule has 0 spiro atoms. The fraction of sp³-hybridized carbons (Fsp3) is 0.263. The predicted octanol–water partition coefficient (Wildman–Crippen LogP) is 4.09. The van der Waals surface area contributed by atoms with E-state index in [9.17, 15) is 19.7 Å². The van der Waals surface area contributed by atoms with Crippen molar-refractivity contribution in [2.24, 2.45) is 0 Å². The highest BCUT2D eigenvalue weighted by Gasteiger charge is 2.18. The zero-order valence-electron chi connectivity index (χ0n) is 15.3. The monoisotopic (exact) mass is 407 g/mol. The minimum atomic E-state index is -0.766. The summed E-state index contributed by atoms with van der Waals surface area (Å²) in [6.45, 7) is 1.85. The van der Waals surface area contributed by atoms with E-state index in [0.29, 0.717) is 12.4 Å². The molecule has 0 unspecified atom stereocenters. The lowest BCUT2D eigenvalue weighted by Gasteiger charge is -2.13. The van der Waals surface area contributed by atoms with Crippen LogP contribution in [0.3, 0.4) is 0 Å². The van der Waals surface area contributed by atoms with Gasteiger partial charge in [0.15, 0.2) is 23.9 Å². The quantitative estimate of drug-likeness (QED) is 0.267. The first-order valence-corrected chi connectivity index (χ1v) is 8.70. The molecule has 0 saturated carbocycles. The molecule has 0 aromatic heterocycles. The Labute approximate surface area is 166 Å². The molecule has 0 amide bonds. The number of nitrogens with zero attached hydrogens (tertiary/aromatic N) is 1. The van der Waals surface area contributed by atoms with E-state index in [4.69, 9.17) is 25.8 Å². The Morgan fingerprint density at radius 2 is 1.82 bits per heavy atom. The number of nitro benzene ring substituents is 1. The van der Waals surface area contributed by atoms with Crippen molar-refractivity contribution < 1.29 is 28.7 Å². The molecule has 0 saturated heterocycles. The maximum Gasteiger partial charge on any atom is 0.338 e. The summed E-state index contributed by atoms with van der Waals surface area (Å²) in [5.41, 5.74) is 0.153. The first kappa shape index (κ1) is 21.2. The number of rotatable bonds is 9. The van der Waals surface area contributed by atoms with Crippen molar-refractivity contribution in [1.29, 1.82) is 0 Å². The van der Waals surface area contributed by atoms with E-state index in [1.165, 1.54) is 43.5 Å². The van der Waals surface area contributed by atoms with Gasteiger partial charge in [-0.3, -0.25) is 14.9 Å². The van der Waals surface area contributed by atoms with Gasteiger partial charge in [-0.25, -0.2) is 4.79 Å². The number of methoxy groups -OCH3 is 1. The van der Waals surface area contributed by atoms with Crippen molar-refractivity contribution in [2.45, 2.75) is 13.3 Å². The molecule has 148 valence electrons. The van der Waals surface area contributed by atoms with Crippen LogP contribution >= 0.6 is 11.6 Å². The van der Waals surface area contributed by atoms with E-state index in [1.54, 1.807) is 0 Å². The molecule has 2 aromatic rings. The Balaban J connectivity index is 2.07. The van der Waals surface area contributed by atoms with Gasteiger partial charge in [0.05, 0.1) is 29.2 Å². The number of hydrogen-bond donors (Lipinski definition) is 0. The van der Waals surface area contributed by atoms with Crippen LogP contribution in [0.2, 0.25) is 5.02 Å². The molecule has 0 atom stereocenters. The average molecular weight is 408 g/mol. The Hall–Kier alpha value is -3.13. The summed E-state index contributed by atoms with van der Waals surface area (Å²) in [6.07, 6.45) is 0.772. The van der Waals surface area contributed by atoms with Crippen molar-refractivity contribution in [3.05, 3.63) is 62.7 Å². The Morgan fingerprint density at radius 3 is 2.39 bits per heavy atom. The largest absolute Gasteiger partial charge is 0.493 e. The lowest BCUT2D eigenvalue weighted by molar-refractivity contribution is -0.384. The molecule has 9 heteroatoms. The molecular formula is C19H18ClNO7. The number of halogens is 1. The van der Waals surface area contributed by atoms with Gasteiger partial charge in [-0.15, -0.1) is 0 Å². The van der Waals surface area contributed by atoms with Gasteiger partial charge in [0.2, 0.25) is 0 Å². The second kappa shape index (κ2) is 9.70. The van der Waals surface area contributed by atoms with Crippen molar-refractivity contribution in [3.63, 3.8) is 0 Å². The second-order valence-electron chi connectivity index (χ2n) is 5.64. The zero-order valence-corrected chi connectivity index (χ0v) is 16.0. The maximum atomic E-state index is 12.3. The summed E-state index contributed by atoms with van der Waals surface area (Å²) in [5.74, 6) is -0.666. The zero-order chi connectivity index (χ0) is 20.7. The summed E-state index contributed by atoms with van der Waals surface area (Å²) < 4.78 is 15.7. The predicted molar refractivity (Wildman–Crippen MR) is 101 cm³/mol. The van der Waals surface area contributed by atoms with Gasteiger partial charge < -0.3 is 14.2 Å². The molecule has 0 aliphatic heterocycles. The van der Waals surface area contributed by atoms with Crippen LogP contribution < -0.4 is 9.47 Å². The third-order valence-electron chi connectivity index (χ3n) is 3.65. The highest BCUT2D eigenvalue weighted by atomic mass is 35.5. The number of benzene rings is 2. The Bertz CT molecular complexity index is 881. The molecule has 0 bridgehead atoms. The van der Waals surface area contributed by atoms with Crippen molar-refractivity contribution in [2.75, 3.05) is 20.3 Å². The highest BCUT2D eigenvalue weighted by molar-refractivity contribution is 6.32. The minimum absolute atomic E-state index is 0.0993. The lowest BCUT2D eigenvalue weighted by Crippen LogP contribution is -2.14. The maximum absolute atomic E-state index is 12.3. The third kappa shape index (κ3) is 5.20. The van der Waals surface area contributed by atoms with E-state index in [1.807, 2.05) is 6.92 Å². The van der Waals surface area contributed by atoms with E-state index in [-0.39, 0.29) is 27.6 Å². The number of carbonyl (C=O) groups is 2. The normalized spacial score (nSPS) is 10.2. The Morgan fingerprint density at radius 1 is 1.14 bits per heavy atom. The molecule has 0 heterocycles. The van der Waals surface area contributed by atoms with Crippen LogP contribution in [0.1, 0.15) is 34.1 Å².